The molecule has 0 saturated heterocycles. The van der Waals surface area contributed by atoms with Gasteiger partial charge in [-0.3, -0.25) is 0 Å². The van der Waals surface area contributed by atoms with Crippen molar-refractivity contribution in [1.82, 2.24) is 9.55 Å². The summed E-state index contributed by atoms with van der Waals surface area (Å²) in [7, 11) is 3.33. The highest BCUT2D eigenvalue weighted by molar-refractivity contribution is 6.00. The van der Waals surface area contributed by atoms with Crippen molar-refractivity contribution in [3.63, 3.8) is 0 Å². The van der Waals surface area contributed by atoms with E-state index in [1.807, 2.05) is 76.6 Å². The summed E-state index contributed by atoms with van der Waals surface area (Å²) in [6, 6.07) is 13.8. The molecule has 6 heteroatoms. The predicted molar refractivity (Wildman–Crippen MR) is 170 cm³/mol. The molecule has 0 amide bonds. The monoisotopic (exact) mass is 570 g/mol. The van der Waals surface area contributed by atoms with Gasteiger partial charge in [-0.1, -0.05) is 49.8 Å². The number of hydrogen-bond acceptors (Lipinski definition) is 4. The van der Waals surface area contributed by atoms with Crippen molar-refractivity contribution in [3.8, 4) is 11.1 Å². The second kappa shape index (κ2) is 12.6. The number of methoxy groups -OCH3 is 1. The molecule has 5 nitrogen and oxygen atoms in total. The molecule has 0 aliphatic carbocycles. The Hall–Kier alpha value is -3.77. The van der Waals surface area contributed by atoms with E-state index >= 15 is 4.39 Å². The Morgan fingerprint density at radius 1 is 1.07 bits per heavy atom. The van der Waals surface area contributed by atoms with Crippen LogP contribution in [0, 0.1) is 26.6 Å². The van der Waals surface area contributed by atoms with Crippen LogP contribution < -0.4 is 0 Å². The summed E-state index contributed by atoms with van der Waals surface area (Å²) < 4.78 is 29.4. The number of pyridine rings is 1. The number of aryl methyl sites for hydroxylation is 2. The fourth-order valence-electron chi connectivity index (χ4n) is 5.60. The van der Waals surface area contributed by atoms with Crippen LogP contribution in [0.1, 0.15) is 85.8 Å². The molecular formula is C36H43FN2O3. The Balaban J connectivity index is 2.11. The van der Waals surface area contributed by atoms with Gasteiger partial charge in [-0.05, 0) is 100 Å². The number of carbonyl (C=O) groups excluding carboxylic acids is 1. The van der Waals surface area contributed by atoms with Gasteiger partial charge in [0.25, 0.3) is 0 Å². The van der Waals surface area contributed by atoms with Crippen LogP contribution >= 0.6 is 0 Å². The number of halogens is 1. The van der Waals surface area contributed by atoms with Crippen LogP contribution in [0.25, 0.3) is 34.3 Å². The van der Waals surface area contributed by atoms with Crippen LogP contribution in [-0.2, 0) is 27.7 Å². The molecule has 2 heterocycles. The predicted octanol–water partition coefficient (Wildman–Crippen LogP) is 8.85. The zero-order valence-corrected chi connectivity index (χ0v) is 26.4. The third kappa shape index (κ3) is 6.34. The lowest BCUT2D eigenvalue weighted by Crippen LogP contribution is -2.29. The van der Waals surface area contributed by atoms with Crippen molar-refractivity contribution >= 4 is 29.2 Å². The number of fused-ring (bicyclic) bond motifs is 1. The normalized spacial score (nSPS) is 12.8. The summed E-state index contributed by atoms with van der Waals surface area (Å²) in [5, 5.41) is 0.824. The molecule has 0 aliphatic rings. The summed E-state index contributed by atoms with van der Waals surface area (Å²) >= 11 is 0. The van der Waals surface area contributed by atoms with E-state index in [-0.39, 0.29) is 5.82 Å². The Bertz CT molecular complexity index is 1630. The number of benzene rings is 2. The maximum Gasteiger partial charge on any atom is 0.339 e. The first-order chi connectivity index (χ1) is 19.9. The Kier molecular flexibility index (Phi) is 9.37. The van der Waals surface area contributed by atoms with E-state index < -0.39 is 17.7 Å². The number of rotatable bonds is 9. The number of esters is 1. The Morgan fingerprint density at radius 2 is 1.76 bits per heavy atom. The molecule has 0 saturated carbocycles. The molecule has 2 aromatic heterocycles. The lowest BCUT2D eigenvalue weighted by molar-refractivity contribution is -0.164. The molecule has 0 unspecified atom stereocenters. The highest BCUT2D eigenvalue weighted by Crippen LogP contribution is 2.43. The van der Waals surface area contributed by atoms with E-state index in [4.69, 9.17) is 14.5 Å². The van der Waals surface area contributed by atoms with Crippen LogP contribution in [0.3, 0.4) is 0 Å². The fraction of sp³-hybridized carbons (Fsp3) is 0.389. The van der Waals surface area contributed by atoms with Gasteiger partial charge < -0.3 is 14.0 Å². The number of ether oxygens (including phenoxy) is 2. The quantitative estimate of drug-likeness (QED) is 0.189. The van der Waals surface area contributed by atoms with Crippen LogP contribution in [0.2, 0.25) is 0 Å². The first-order valence-corrected chi connectivity index (χ1v) is 14.7. The molecule has 2 aromatic carbocycles. The zero-order valence-electron chi connectivity index (χ0n) is 26.4. The van der Waals surface area contributed by atoms with Gasteiger partial charge in [0, 0.05) is 34.9 Å². The van der Waals surface area contributed by atoms with Gasteiger partial charge >= 0.3 is 5.97 Å². The number of aromatic nitrogens is 2. The molecule has 1 atom stereocenters. The molecule has 0 spiro atoms. The molecule has 42 heavy (non-hydrogen) atoms. The van der Waals surface area contributed by atoms with E-state index in [0.29, 0.717) is 16.8 Å². The van der Waals surface area contributed by atoms with E-state index in [1.165, 1.54) is 7.11 Å². The molecule has 0 bridgehead atoms. The highest BCUT2D eigenvalue weighted by Gasteiger charge is 2.34. The standard InChI is InChI=1S/C36H43FN2O3/c1-10-11-17-27-22(2)28(21-30(37)23(27)3)32-29-20-26(19-18-25-15-13-12-14-16-25)39(8)34(29)38-24(4)31(32)33(35(40)41-9)42-36(5,6)7/h12-16,18-21,33H,10-11,17H2,1-9H3/b19-18+/t33-/m0/s1. The number of hydrogen-bond donors (Lipinski definition) is 0. The van der Waals surface area contributed by atoms with Gasteiger partial charge in [0.1, 0.15) is 11.5 Å². The van der Waals surface area contributed by atoms with Crippen LogP contribution in [-0.4, -0.2) is 28.2 Å². The average molecular weight is 571 g/mol. The first kappa shape index (κ1) is 31.2. The Morgan fingerprint density at radius 3 is 2.38 bits per heavy atom. The molecule has 0 radical (unpaired) electrons. The Labute approximate surface area is 249 Å². The van der Waals surface area contributed by atoms with Crippen molar-refractivity contribution in [2.75, 3.05) is 7.11 Å². The highest BCUT2D eigenvalue weighted by atomic mass is 19.1. The lowest BCUT2D eigenvalue weighted by Gasteiger charge is -2.29. The number of carbonyl (C=O) groups is 1. The largest absolute Gasteiger partial charge is 0.467 e. The minimum Gasteiger partial charge on any atom is -0.467 e. The first-order valence-electron chi connectivity index (χ1n) is 14.7. The zero-order chi connectivity index (χ0) is 30.8. The third-order valence-electron chi connectivity index (χ3n) is 7.82. The summed E-state index contributed by atoms with van der Waals surface area (Å²) in [5.74, 6) is -0.784. The van der Waals surface area contributed by atoms with Gasteiger partial charge in [0.15, 0.2) is 6.10 Å². The van der Waals surface area contributed by atoms with E-state index in [0.717, 1.165) is 63.8 Å². The lowest BCUT2D eigenvalue weighted by atomic mass is 9.85. The van der Waals surface area contributed by atoms with Gasteiger partial charge in [-0.2, -0.15) is 0 Å². The molecule has 4 aromatic rings. The van der Waals surface area contributed by atoms with Gasteiger partial charge in [0.05, 0.1) is 12.7 Å². The fourth-order valence-corrected chi connectivity index (χ4v) is 5.60. The summed E-state index contributed by atoms with van der Waals surface area (Å²) in [6.45, 7) is 13.6. The second-order valence-electron chi connectivity index (χ2n) is 12.0. The molecular weight excluding hydrogens is 527 g/mol. The molecule has 0 fully saturated rings. The maximum absolute atomic E-state index is 15.7. The van der Waals surface area contributed by atoms with Crippen molar-refractivity contribution < 1.29 is 18.7 Å². The van der Waals surface area contributed by atoms with E-state index in [9.17, 15) is 4.79 Å². The van der Waals surface area contributed by atoms with Crippen LogP contribution in [0.4, 0.5) is 4.39 Å². The molecule has 222 valence electrons. The van der Waals surface area contributed by atoms with Crippen LogP contribution in [0.5, 0.6) is 0 Å². The minimum atomic E-state index is -1.05. The molecule has 0 aliphatic heterocycles. The van der Waals surface area contributed by atoms with Crippen molar-refractivity contribution in [2.24, 2.45) is 7.05 Å². The summed E-state index contributed by atoms with van der Waals surface area (Å²) in [4.78, 5) is 18.3. The molecule has 0 N–H and O–H groups in total. The van der Waals surface area contributed by atoms with Crippen LogP contribution in [0.15, 0.2) is 42.5 Å². The van der Waals surface area contributed by atoms with Crippen molar-refractivity contribution in [3.05, 3.63) is 87.5 Å². The maximum atomic E-state index is 15.7. The van der Waals surface area contributed by atoms with E-state index in [1.54, 1.807) is 6.07 Å². The molecule has 4 rings (SSSR count). The SMILES string of the molecule is CCCCc1c(C)c(F)cc(-c2c([C@H](OC(C)(C)C)C(=O)OC)c(C)nc3c2cc(/C=C/c2ccccc2)n3C)c1C. The summed E-state index contributed by atoms with van der Waals surface area (Å²) in [6.07, 6.45) is 5.80. The summed E-state index contributed by atoms with van der Waals surface area (Å²) in [5.41, 5.74) is 7.50. The van der Waals surface area contributed by atoms with Gasteiger partial charge in [0.2, 0.25) is 0 Å². The van der Waals surface area contributed by atoms with E-state index in [2.05, 4.69) is 32.1 Å². The van der Waals surface area contributed by atoms with Crippen molar-refractivity contribution in [2.45, 2.75) is 79.4 Å². The smallest absolute Gasteiger partial charge is 0.339 e. The minimum absolute atomic E-state index is 0.262. The van der Waals surface area contributed by atoms with Gasteiger partial charge in [-0.15, -0.1) is 0 Å². The number of nitrogens with zero attached hydrogens (tertiary/aromatic N) is 2. The topological polar surface area (TPSA) is 53.4 Å². The second-order valence-corrected chi connectivity index (χ2v) is 12.0. The third-order valence-corrected chi connectivity index (χ3v) is 7.82. The van der Waals surface area contributed by atoms with Crippen molar-refractivity contribution in [1.29, 1.82) is 0 Å². The van der Waals surface area contributed by atoms with Gasteiger partial charge in [-0.25, -0.2) is 14.2 Å². The number of unbranched alkanes of at least 4 members (excludes halogenated alkanes) is 1. The average Bonchev–Trinajstić information content (AvgIpc) is 3.26.